The molecule has 0 aromatic heterocycles. The van der Waals surface area contributed by atoms with Gasteiger partial charge >= 0.3 is 0 Å². The molecule has 0 fully saturated rings. The van der Waals surface area contributed by atoms with Crippen LogP contribution in [-0.2, 0) is 0 Å². The van der Waals surface area contributed by atoms with Crippen molar-refractivity contribution in [2.75, 3.05) is 0 Å². The van der Waals surface area contributed by atoms with E-state index in [2.05, 4.69) is 16.8 Å². The Labute approximate surface area is 101 Å². The van der Waals surface area contributed by atoms with E-state index in [0.717, 1.165) is 22.5 Å². The summed E-state index contributed by atoms with van der Waals surface area (Å²) in [7, 11) is 0. The summed E-state index contributed by atoms with van der Waals surface area (Å²) in [6.45, 7) is 5.88. The Hall–Kier alpha value is -2.22. The van der Waals surface area contributed by atoms with Crippen molar-refractivity contribution in [3.63, 3.8) is 0 Å². The molecule has 2 rings (SSSR count). The maximum atomic E-state index is 4.17. The summed E-state index contributed by atoms with van der Waals surface area (Å²) in [4.78, 5) is 0. The van der Waals surface area contributed by atoms with Crippen molar-refractivity contribution in [2.24, 2.45) is 10.2 Å². The lowest BCUT2D eigenvalue weighted by molar-refractivity contribution is 1.23. The molecule has 0 amide bonds. The number of allylic oxidation sites excluding steroid dienone is 1. The molecule has 2 aromatic carbocycles. The number of azo groups is 1. The molecule has 2 nitrogen and oxygen atoms in total. The summed E-state index contributed by atoms with van der Waals surface area (Å²) in [5, 5.41) is 8.33. The Balaban J connectivity index is 2.14. The number of benzene rings is 2. The predicted octanol–water partition coefficient (Wildman–Crippen LogP) is 5.14. The van der Waals surface area contributed by atoms with Gasteiger partial charge in [-0.1, -0.05) is 42.5 Å². The second-order valence-corrected chi connectivity index (χ2v) is 3.86. The summed E-state index contributed by atoms with van der Waals surface area (Å²) in [5.41, 5.74) is 3.88. The molecule has 0 aliphatic rings. The van der Waals surface area contributed by atoms with Crippen LogP contribution in [0.25, 0.3) is 5.57 Å². The van der Waals surface area contributed by atoms with Crippen molar-refractivity contribution in [1.82, 2.24) is 0 Å². The highest BCUT2D eigenvalue weighted by Gasteiger charge is 1.93. The minimum Gasteiger partial charge on any atom is -0.151 e. The smallest absolute Gasteiger partial charge is 0.0857 e. The predicted molar refractivity (Wildman–Crippen MR) is 71.8 cm³/mol. The van der Waals surface area contributed by atoms with Crippen LogP contribution in [0.4, 0.5) is 11.4 Å². The van der Waals surface area contributed by atoms with Gasteiger partial charge in [-0.15, -0.1) is 0 Å². The van der Waals surface area contributed by atoms with Gasteiger partial charge in [-0.2, -0.15) is 10.2 Å². The minimum absolute atomic E-state index is 0.846. The Bertz CT molecular complexity index is 525. The third-order valence-electron chi connectivity index (χ3n) is 2.40. The van der Waals surface area contributed by atoms with E-state index in [9.17, 15) is 0 Å². The standard InChI is InChI=1S/C15H14N2/c1-12(2)13-8-10-15(11-9-13)17-16-14-6-4-3-5-7-14/h3-11H,1H2,2H3/b17-16+. The van der Waals surface area contributed by atoms with Crippen LogP contribution in [0.3, 0.4) is 0 Å². The fourth-order valence-corrected chi connectivity index (χ4v) is 1.42. The van der Waals surface area contributed by atoms with E-state index in [0.29, 0.717) is 0 Å². The van der Waals surface area contributed by atoms with Gasteiger partial charge in [0.1, 0.15) is 0 Å². The van der Waals surface area contributed by atoms with Gasteiger partial charge in [0.2, 0.25) is 0 Å². The molecule has 0 spiro atoms. The molecule has 0 N–H and O–H groups in total. The van der Waals surface area contributed by atoms with Crippen LogP contribution in [0, 0.1) is 0 Å². The third-order valence-corrected chi connectivity index (χ3v) is 2.40. The Kier molecular flexibility index (Phi) is 3.46. The van der Waals surface area contributed by atoms with Crippen LogP contribution in [0.5, 0.6) is 0 Å². The van der Waals surface area contributed by atoms with Crippen LogP contribution in [0.2, 0.25) is 0 Å². The quantitative estimate of drug-likeness (QED) is 0.643. The fourth-order valence-electron chi connectivity index (χ4n) is 1.42. The van der Waals surface area contributed by atoms with E-state index in [1.807, 2.05) is 61.5 Å². The molecule has 0 bridgehead atoms. The highest BCUT2D eigenvalue weighted by molar-refractivity contribution is 5.62. The maximum Gasteiger partial charge on any atom is 0.0857 e. The topological polar surface area (TPSA) is 24.7 Å². The molecule has 0 aliphatic heterocycles. The van der Waals surface area contributed by atoms with Gasteiger partial charge in [-0.25, -0.2) is 0 Å². The molecular weight excluding hydrogens is 208 g/mol. The number of hydrogen-bond donors (Lipinski definition) is 0. The monoisotopic (exact) mass is 222 g/mol. The van der Waals surface area contributed by atoms with Crippen LogP contribution in [0.15, 0.2) is 71.4 Å². The van der Waals surface area contributed by atoms with Gasteiger partial charge in [0.15, 0.2) is 0 Å². The first-order chi connectivity index (χ1) is 8.25. The van der Waals surface area contributed by atoms with Gasteiger partial charge in [0.25, 0.3) is 0 Å². The highest BCUT2D eigenvalue weighted by atomic mass is 15.1. The number of rotatable bonds is 3. The van der Waals surface area contributed by atoms with E-state index >= 15 is 0 Å². The molecule has 2 heteroatoms. The summed E-state index contributed by atoms with van der Waals surface area (Å²) < 4.78 is 0. The molecule has 0 aliphatic carbocycles. The first kappa shape index (κ1) is 11.3. The summed E-state index contributed by atoms with van der Waals surface area (Å²) >= 11 is 0. The van der Waals surface area contributed by atoms with Crippen LogP contribution < -0.4 is 0 Å². The zero-order valence-corrected chi connectivity index (χ0v) is 9.80. The molecule has 84 valence electrons. The lowest BCUT2D eigenvalue weighted by Gasteiger charge is -1.98. The number of nitrogens with zero attached hydrogens (tertiary/aromatic N) is 2. The zero-order chi connectivity index (χ0) is 12.1. The van der Waals surface area contributed by atoms with E-state index < -0.39 is 0 Å². The van der Waals surface area contributed by atoms with Gasteiger partial charge in [0, 0.05) is 0 Å². The normalized spacial score (nSPS) is 10.6. The van der Waals surface area contributed by atoms with E-state index in [1.54, 1.807) is 0 Å². The Morgan fingerprint density at radius 3 is 1.88 bits per heavy atom. The summed E-state index contributed by atoms with van der Waals surface area (Å²) in [5.74, 6) is 0. The summed E-state index contributed by atoms with van der Waals surface area (Å²) in [6, 6.07) is 17.6. The average Bonchev–Trinajstić information content (AvgIpc) is 2.38. The van der Waals surface area contributed by atoms with E-state index in [1.165, 1.54) is 0 Å². The lowest BCUT2D eigenvalue weighted by atomic mass is 10.1. The molecule has 0 radical (unpaired) electrons. The molecule has 2 aromatic rings. The zero-order valence-electron chi connectivity index (χ0n) is 9.80. The fraction of sp³-hybridized carbons (Fsp3) is 0.0667. The first-order valence-corrected chi connectivity index (χ1v) is 5.48. The van der Waals surface area contributed by atoms with Crippen LogP contribution in [-0.4, -0.2) is 0 Å². The molecule has 0 heterocycles. The molecular formula is C15H14N2. The van der Waals surface area contributed by atoms with E-state index in [4.69, 9.17) is 0 Å². The SMILES string of the molecule is C=C(C)c1ccc(/N=N/c2ccccc2)cc1. The average molecular weight is 222 g/mol. The molecule has 0 saturated carbocycles. The van der Waals surface area contributed by atoms with Crippen LogP contribution in [0.1, 0.15) is 12.5 Å². The van der Waals surface area contributed by atoms with Gasteiger partial charge in [-0.3, -0.25) is 0 Å². The van der Waals surface area contributed by atoms with Crippen molar-refractivity contribution >= 4 is 16.9 Å². The van der Waals surface area contributed by atoms with Gasteiger partial charge in [0.05, 0.1) is 11.4 Å². The third kappa shape index (κ3) is 3.11. The van der Waals surface area contributed by atoms with E-state index in [-0.39, 0.29) is 0 Å². The van der Waals surface area contributed by atoms with Crippen molar-refractivity contribution in [1.29, 1.82) is 0 Å². The Morgan fingerprint density at radius 2 is 1.35 bits per heavy atom. The summed E-state index contributed by atoms with van der Waals surface area (Å²) in [6.07, 6.45) is 0. The number of hydrogen-bond acceptors (Lipinski definition) is 2. The second kappa shape index (κ2) is 5.21. The largest absolute Gasteiger partial charge is 0.151 e. The lowest BCUT2D eigenvalue weighted by Crippen LogP contribution is -1.74. The van der Waals surface area contributed by atoms with Crippen molar-refractivity contribution in [2.45, 2.75) is 6.92 Å². The molecule has 0 saturated heterocycles. The molecule has 17 heavy (non-hydrogen) atoms. The first-order valence-electron chi connectivity index (χ1n) is 5.48. The maximum absolute atomic E-state index is 4.17. The van der Waals surface area contributed by atoms with Crippen molar-refractivity contribution < 1.29 is 0 Å². The Morgan fingerprint density at radius 1 is 0.824 bits per heavy atom. The minimum atomic E-state index is 0.846. The van der Waals surface area contributed by atoms with Crippen molar-refractivity contribution in [3.8, 4) is 0 Å². The van der Waals surface area contributed by atoms with Gasteiger partial charge < -0.3 is 0 Å². The molecule has 0 atom stereocenters. The van der Waals surface area contributed by atoms with Gasteiger partial charge in [-0.05, 0) is 36.8 Å². The van der Waals surface area contributed by atoms with Crippen molar-refractivity contribution in [3.05, 3.63) is 66.7 Å². The molecule has 0 unspecified atom stereocenters. The van der Waals surface area contributed by atoms with Crippen LogP contribution >= 0.6 is 0 Å². The highest BCUT2D eigenvalue weighted by Crippen LogP contribution is 2.20. The second-order valence-electron chi connectivity index (χ2n) is 3.86.